The van der Waals surface area contributed by atoms with Gasteiger partial charge in [0.1, 0.15) is 11.9 Å². The average Bonchev–Trinajstić information content (AvgIpc) is 2.98. The second kappa shape index (κ2) is 6.78. The van der Waals surface area contributed by atoms with Gasteiger partial charge in [-0.2, -0.15) is 4.31 Å². The summed E-state index contributed by atoms with van der Waals surface area (Å²) in [7, 11) is -2.16. The van der Waals surface area contributed by atoms with Gasteiger partial charge in [-0.05, 0) is 44.5 Å². The molecule has 0 radical (unpaired) electrons. The van der Waals surface area contributed by atoms with E-state index in [1.54, 1.807) is 11.9 Å². The molecule has 1 heterocycles. The Hall–Kier alpha value is -1.12. The molecule has 1 aliphatic heterocycles. The van der Waals surface area contributed by atoms with Crippen LogP contribution < -0.4 is 0 Å². The van der Waals surface area contributed by atoms with E-state index in [2.05, 4.69) is 0 Å². The topological polar surface area (TPSA) is 57.7 Å². The minimum absolute atomic E-state index is 0.00859. The predicted octanol–water partition coefficient (Wildman–Crippen LogP) is 2.06. The number of likely N-dealkylation sites (N-methyl/N-ethyl adjacent to an activating group) is 1. The second-order valence-corrected chi connectivity index (χ2v) is 8.75. The van der Waals surface area contributed by atoms with E-state index >= 15 is 0 Å². The number of amides is 1. The predicted molar refractivity (Wildman–Crippen MR) is 89.2 cm³/mol. The van der Waals surface area contributed by atoms with E-state index in [-0.39, 0.29) is 28.3 Å². The third-order valence-corrected chi connectivity index (χ3v) is 7.01. The Kier molecular flexibility index (Phi) is 5.37. The number of carbonyl (C=O) groups excluding carboxylic acids is 1. The van der Waals surface area contributed by atoms with Gasteiger partial charge in [0.05, 0.1) is 10.8 Å². The fourth-order valence-electron chi connectivity index (χ4n) is 2.26. The molecule has 5 nitrogen and oxygen atoms in total. The third kappa shape index (κ3) is 3.54. The molecule has 0 aliphatic carbocycles. The molecule has 1 aliphatic rings. The maximum atomic E-state index is 13.4. The molecule has 128 valence electrons. The van der Waals surface area contributed by atoms with Crippen LogP contribution >= 0.6 is 11.8 Å². The number of aryl methyl sites for hydroxylation is 1. The van der Waals surface area contributed by atoms with Crippen LogP contribution in [0.1, 0.15) is 19.4 Å². The van der Waals surface area contributed by atoms with Crippen LogP contribution in [0.25, 0.3) is 0 Å². The van der Waals surface area contributed by atoms with Crippen molar-refractivity contribution >= 4 is 27.7 Å². The van der Waals surface area contributed by atoms with Gasteiger partial charge in [-0.15, -0.1) is 11.8 Å². The molecule has 8 heteroatoms. The lowest BCUT2D eigenvalue weighted by Gasteiger charge is -2.29. The Bertz CT molecular complexity index is 707. The van der Waals surface area contributed by atoms with Gasteiger partial charge in [-0.1, -0.05) is 0 Å². The van der Waals surface area contributed by atoms with Crippen molar-refractivity contribution in [3.05, 3.63) is 29.6 Å². The van der Waals surface area contributed by atoms with Gasteiger partial charge in [0.2, 0.25) is 15.9 Å². The number of hydrogen-bond donors (Lipinski definition) is 0. The Morgan fingerprint density at radius 1 is 1.43 bits per heavy atom. The lowest BCUT2D eigenvalue weighted by molar-refractivity contribution is -0.134. The molecule has 1 amide bonds. The fraction of sp³-hybridized carbons (Fsp3) is 0.533. The average molecular weight is 360 g/mol. The van der Waals surface area contributed by atoms with Gasteiger partial charge < -0.3 is 4.90 Å². The SMILES string of the molecule is Cc1cc(S(=O)(=O)N2CSCC2C(=O)N(C)C(C)C)ccc1F. The van der Waals surface area contributed by atoms with Crippen molar-refractivity contribution in [3.8, 4) is 0 Å². The molecule has 1 atom stereocenters. The van der Waals surface area contributed by atoms with E-state index in [0.717, 1.165) is 6.07 Å². The molecule has 1 fully saturated rings. The molecule has 23 heavy (non-hydrogen) atoms. The van der Waals surface area contributed by atoms with Crippen molar-refractivity contribution in [2.75, 3.05) is 18.7 Å². The number of sulfonamides is 1. The lowest BCUT2D eigenvalue weighted by atomic mass is 10.2. The molecule has 1 aromatic rings. The van der Waals surface area contributed by atoms with Crippen molar-refractivity contribution in [3.63, 3.8) is 0 Å². The second-order valence-electron chi connectivity index (χ2n) is 5.86. The van der Waals surface area contributed by atoms with Gasteiger partial charge in [-0.3, -0.25) is 4.79 Å². The molecule has 0 N–H and O–H groups in total. The van der Waals surface area contributed by atoms with Crippen molar-refractivity contribution in [1.29, 1.82) is 0 Å². The first-order valence-electron chi connectivity index (χ1n) is 7.28. The number of hydrogen-bond acceptors (Lipinski definition) is 4. The highest BCUT2D eigenvalue weighted by Gasteiger charge is 2.41. The molecule has 0 aromatic heterocycles. The Balaban J connectivity index is 2.34. The first-order chi connectivity index (χ1) is 10.7. The molecule has 0 saturated carbocycles. The minimum atomic E-state index is -3.83. The third-order valence-electron chi connectivity index (χ3n) is 3.99. The van der Waals surface area contributed by atoms with Crippen molar-refractivity contribution in [2.24, 2.45) is 0 Å². The van der Waals surface area contributed by atoms with Crippen LogP contribution in [0.4, 0.5) is 4.39 Å². The van der Waals surface area contributed by atoms with E-state index in [4.69, 9.17) is 0 Å². The zero-order valence-electron chi connectivity index (χ0n) is 13.6. The van der Waals surface area contributed by atoms with Crippen LogP contribution in [-0.4, -0.2) is 54.3 Å². The summed E-state index contributed by atoms with van der Waals surface area (Å²) >= 11 is 1.40. The zero-order chi connectivity index (χ0) is 17.4. The fourth-order valence-corrected chi connectivity index (χ4v) is 5.48. The van der Waals surface area contributed by atoms with Crippen LogP contribution in [0.3, 0.4) is 0 Å². The zero-order valence-corrected chi connectivity index (χ0v) is 15.2. The summed E-state index contributed by atoms with van der Waals surface area (Å²) in [6.07, 6.45) is 0. The smallest absolute Gasteiger partial charge is 0.244 e. The standard InChI is InChI=1S/C15H21FN2O3S2/c1-10(2)17(4)15(19)14-8-22-9-18(14)23(20,21)12-5-6-13(16)11(3)7-12/h5-7,10,14H,8-9H2,1-4H3. The van der Waals surface area contributed by atoms with Gasteiger partial charge in [-0.25, -0.2) is 12.8 Å². The molecule has 0 spiro atoms. The molecular formula is C15H21FN2O3S2. The Morgan fingerprint density at radius 2 is 2.09 bits per heavy atom. The first-order valence-corrected chi connectivity index (χ1v) is 9.88. The summed E-state index contributed by atoms with van der Waals surface area (Å²) in [5, 5.41) is 0. The van der Waals surface area contributed by atoms with Crippen LogP contribution in [0.15, 0.2) is 23.1 Å². The van der Waals surface area contributed by atoms with E-state index in [1.807, 2.05) is 13.8 Å². The monoisotopic (exact) mass is 360 g/mol. The van der Waals surface area contributed by atoms with Crippen LogP contribution in [0, 0.1) is 12.7 Å². The highest BCUT2D eigenvalue weighted by molar-refractivity contribution is 8.00. The highest BCUT2D eigenvalue weighted by atomic mass is 32.2. The van der Waals surface area contributed by atoms with E-state index in [1.165, 1.54) is 35.1 Å². The summed E-state index contributed by atoms with van der Waals surface area (Å²) in [6.45, 7) is 5.27. The maximum absolute atomic E-state index is 13.4. The Labute approximate surface area is 140 Å². The van der Waals surface area contributed by atoms with Gasteiger partial charge in [0, 0.05) is 18.8 Å². The summed E-state index contributed by atoms with van der Waals surface area (Å²) in [5.41, 5.74) is 0.264. The first kappa shape index (κ1) is 18.2. The number of thioether (sulfide) groups is 1. The summed E-state index contributed by atoms with van der Waals surface area (Å²) in [4.78, 5) is 14.1. The lowest BCUT2D eigenvalue weighted by Crippen LogP contribution is -2.49. The highest BCUT2D eigenvalue weighted by Crippen LogP contribution is 2.30. The van der Waals surface area contributed by atoms with E-state index in [9.17, 15) is 17.6 Å². The molecule has 2 rings (SSSR count). The molecule has 1 aromatic carbocycles. The van der Waals surface area contributed by atoms with Gasteiger partial charge in [0.15, 0.2) is 0 Å². The van der Waals surface area contributed by atoms with E-state index in [0.29, 0.717) is 5.75 Å². The maximum Gasteiger partial charge on any atom is 0.244 e. The summed E-state index contributed by atoms with van der Waals surface area (Å²) < 4.78 is 40.3. The van der Waals surface area contributed by atoms with Crippen molar-refractivity contribution in [2.45, 2.75) is 37.8 Å². The normalized spacial score (nSPS) is 19.3. The summed E-state index contributed by atoms with van der Waals surface area (Å²) in [6, 6.07) is 2.96. The number of halogens is 1. The number of benzene rings is 1. The quantitative estimate of drug-likeness (QED) is 0.825. The Morgan fingerprint density at radius 3 is 2.65 bits per heavy atom. The van der Waals surface area contributed by atoms with Gasteiger partial charge >= 0.3 is 0 Å². The summed E-state index contributed by atoms with van der Waals surface area (Å²) in [5.74, 6) is -0.0181. The van der Waals surface area contributed by atoms with Crippen LogP contribution in [0.2, 0.25) is 0 Å². The minimum Gasteiger partial charge on any atom is -0.342 e. The van der Waals surface area contributed by atoms with Crippen molar-refractivity contribution < 1.29 is 17.6 Å². The molecule has 1 unspecified atom stereocenters. The molecular weight excluding hydrogens is 339 g/mol. The molecule has 1 saturated heterocycles. The number of carbonyl (C=O) groups is 1. The van der Waals surface area contributed by atoms with Crippen LogP contribution in [-0.2, 0) is 14.8 Å². The van der Waals surface area contributed by atoms with Crippen LogP contribution in [0.5, 0.6) is 0 Å². The van der Waals surface area contributed by atoms with Gasteiger partial charge in [0.25, 0.3) is 0 Å². The van der Waals surface area contributed by atoms with E-state index < -0.39 is 21.9 Å². The number of nitrogens with zero attached hydrogens (tertiary/aromatic N) is 2. The number of rotatable bonds is 4. The van der Waals surface area contributed by atoms with Crippen molar-refractivity contribution in [1.82, 2.24) is 9.21 Å². The molecule has 0 bridgehead atoms. The largest absolute Gasteiger partial charge is 0.342 e.